The van der Waals surface area contributed by atoms with Gasteiger partial charge in [-0.25, -0.2) is 4.98 Å². The zero-order chi connectivity index (χ0) is 17.8. The molecule has 5 heteroatoms. The lowest BCUT2D eigenvalue weighted by molar-refractivity contribution is 0.412. The van der Waals surface area contributed by atoms with E-state index in [2.05, 4.69) is 24.0 Å². The van der Waals surface area contributed by atoms with Crippen LogP contribution in [-0.4, -0.2) is 16.7 Å². The first-order chi connectivity index (χ1) is 12.1. The lowest BCUT2D eigenvalue weighted by Gasteiger charge is -2.12. The van der Waals surface area contributed by atoms with E-state index in [0.29, 0.717) is 16.5 Å². The van der Waals surface area contributed by atoms with E-state index in [1.54, 1.807) is 24.1 Å². The number of benzene rings is 2. The van der Waals surface area contributed by atoms with Gasteiger partial charge in [-0.2, -0.15) is 0 Å². The van der Waals surface area contributed by atoms with Gasteiger partial charge in [0.25, 0.3) is 5.56 Å². The molecule has 0 fully saturated rings. The highest BCUT2D eigenvalue weighted by Crippen LogP contribution is 2.24. The van der Waals surface area contributed by atoms with Gasteiger partial charge in [0.2, 0.25) is 0 Å². The third-order valence-corrected chi connectivity index (χ3v) is 5.04. The molecule has 0 amide bonds. The summed E-state index contributed by atoms with van der Waals surface area (Å²) in [5.74, 6) is 1.37. The first-order valence-corrected chi connectivity index (χ1v) is 8.98. The van der Waals surface area contributed by atoms with Crippen LogP contribution in [0, 0.1) is 13.8 Å². The summed E-state index contributed by atoms with van der Waals surface area (Å²) in [4.78, 5) is 17.2. The van der Waals surface area contributed by atoms with E-state index < -0.39 is 0 Å². The molecule has 0 aliphatic heterocycles. The van der Waals surface area contributed by atoms with Crippen LogP contribution in [0.1, 0.15) is 16.7 Å². The maximum Gasteiger partial charge on any atom is 0.287 e. The van der Waals surface area contributed by atoms with E-state index >= 15 is 0 Å². The Balaban J connectivity index is 1.95. The van der Waals surface area contributed by atoms with Crippen LogP contribution in [0.25, 0.3) is 5.69 Å². The van der Waals surface area contributed by atoms with Crippen molar-refractivity contribution in [2.24, 2.45) is 0 Å². The van der Waals surface area contributed by atoms with Crippen molar-refractivity contribution < 1.29 is 4.74 Å². The van der Waals surface area contributed by atoms with Crippen LogP contribution in [0.3, 0.4) is 0 Å². The molecule has 3 rings (SSSR count). The maximum atomic E-state index is 12.9. The summed E-state index contributed by atoms with van der Waals surface area (Å²) in [6.07, 6.45) is 3.33. The Morgan fingerprint density at radius 2 is 1.96 bits per heavy atom. The zero-order valence-electron chi connectivity index (χ0n) is 14.5. The Hall–Kier alpha value is -2.53. The van der Waals surface area contributed by atoms with Gasteiger partial charge in [-0.1, -0.05) is 42.1 Å². The topological polar surface area (TPSA) is 44.1 Å². The number of aryl methyl sites for hydroxylation is 2. The van der Waals surface area contributed by atoms with Gasteiger partial charge in [-0.05, 0) is 42.7 Å². The molecule has 0 aliphatic rings. The summed E-state index contributed by atoms with van der Waals surface area (Å²) in [5, 5.41) is 0.481. The predicted molar refractivity (Wildman–Crippen MR) is 102 cm³/mol. The molecule has 0 bridgehead atoms. The molecule has 128 valence electrons. The predicted octanol–water partition coefficient (Wildman–Crippen LogP) is 4.15. The Kier molecular flexibility index (Phi) is 5.24. The minimum atomic E-state index is -0.134. The van der Waals surface area contributed by atoms with Gasteiger partial charge in [0.15, 0.2) is 5.03 Å². The Labute approximate surface area is 151 Å². The van der Waals surface area contributed by atoms with Crippen molar-refractivity contribution in [2.45, 2.75) is 24.6 Å². The van der Waals surface area contributed by atoms with Gasteiger partial charge in [0, 0.05) is 18.1 Å². The second-order valence-corrected chi connectivity index (χ2v) is 6.76. The third-order valence-electron chi connectivity index (χ3n) is 4.03. The van der Waals surface area contributed by atoms with Crippen molar-refractivity contribution >= 4 is 11.8 Å². The van der Waals surface area contributed by atoms with Crippen molar-refractivity contribution in [1.82, 2.24) is 9.55 Å². The molecule has 0 saturated carbocycles. The number of rotatable bonds is 5. The number of methoxy groups -OCH3 is 1. The number of thioether (sulfide) groups is 1. The number of aromatic nitrogens is 2. The normalized spacial score (nSPS) is 10.7. The summed E-state index contributed by atoms with van der Waals surface area (Å²) in [7, 11) is 1.61. The van der Waals surface area contributed by atoms with Crippen LogP contribution in [-0.2, 0) is 5.75 Å². The quantitative estimate of drug-likeness (QED) is 0.647. The minimum Gasteiger partial charge on any atom is -0.495 e. The van der Waals surface area contributed by atoms with E-state index in [9.17, 15) is 4.79 Å². The van der Waals surface area contributed by atoms with E-state index in [1.807, 2.05) is 37.3 Å². The average Bonchev–Trinajstić information content (AvgIpc) is 2.62. The van der Waals surface area contributed by atoms with Crippen molar-refractivity contribution in [1.29, 1.82) is 0 Å². The molecule has 1 heterocycles. The van der Waals surface area contributed by atoms with E-state index in [1.165, 1.54) is 22.9 Å². The standard InChI is InChI=1S/C20H20N2O2S/c1-14-8-9-18(24-3)17(12-14)22-11-10-21-19(20(22)23)25-13-16-7-5-4-6-15(16)2/h4-12H,13H2,1-3H3. The summed E-state index contributed by atoms with van der Waals surface area (Å²) < 4.78 is 7.00. The first kappa shape index (κ1) is 17.3. The van der Waals surface area contributed by atoms with Crippen LogP contribution in [0.5, 0.6) is 5.75 Å². The number of hydrogen-bond donors (Lipinski definition) is 0. The van der Waals surface area contributed by atoms with E-state index in [0.717, 1.165) is 11.3 Å². The van der Waals surface area contributed by atoms with Gasteiger partial charge in [0.1, 0.15) is 5.75 Å². The van der Waals surface area contributed by atoms with Crippen molar-refractivity contribution in [3.63, 3.8) is 0 Å². The second-order valence-electron chi connectivity index (χ2n) is 5.80. The fourth-order valence-corrected chi connectivity index (χ4v) is 3.56. The van der Waals surface area contributed by atoms with Gasteiger partial charge < -0.3 is 4.74 Å². The Morgan fingerprint density at radius 3 is 2.72 bits per heavy atom. The average molecular weight is 352 g/mol. The smallest absolute Gasteiger partial charge is 0.287 e. The highest BCUT2D eigenvalue weighted by molar-refractivity contribution is 7.98. The number of ether oxygens (including phenoxy) is 1. The molecule has 0 spiro atoms. The van der Waals surface area contributed by atoms with Gasteiger partial charge >= 0.3 is 0 Å². The van der Waals surface area contributed by atoms with Crippen molar-refractivity contribution in [2.75, 3.05) is 7.11 Å². The molecule has 25 heavy (non-hydrogen) atoms. The summed E-state index contributed by atoms with van der Waals surface area (Å²) in [5.41, 5.74) is 4.08. The molecule has 3 aromatic rings. The highest BCUT2D eigenvalue weighted by Gasteiger charge is 2.12. The highest BCUT2D eigenvalue weighted by atomic mass is 32.2. The molecule has 1 aromatic heterocycles. The van der Waals surface area contributed by atoms with Crippen LogP contribution < -0.4 is 10.3 Å². The largest absolute Gasteiger partial charge is 0.495 e. The third kappa shape index (κ3) is 3.77. The first-order valence-electron chi connectivity index (χ1n) is 8.00. The van der Waals surface area contributed by atoms with Gasteiger partial charge in [-0.15, -0.1) is 0 Å². The molecule has 0 aliphatic carbocycles. The second kappa shape index (κ2) is 7.57. The van der Waals surface area contributed by atoms with Crippen LogP contribution >= 0.6 is 11.8 Å². The molecule has 0 N–H and O–H groups in total. The van der Waals surface area contributed by atoms with Crippen LogP contribution in [0.15, 0.2) is 64.7 Å². The zero-order valence-corrected chi connectivity index (χ0v) is 15.3. The van der Waals surface area contributed by atoms with Gasteiger partial charge in [-0.3, -0.25) is 9.36 Å². The SMILES string of the molecule is COc1ccc(C)cc1-n1ccnc(SCc2ccccc2C)c1=O. The molecular weight excluding hydrogens is 332 g/mol. The molecule has 0 radical (unpaired) electrons. The number of hydrogen-bond acceptors (Lipinski definition) is 4. The Bertz CT molecular complexity index is 950. The molecule has 2 aromatic carbocycles. The lowest BCUT2D eigenvalue weighted by Crippen LogP contribution is -2.21. The Morgan fingerprint density at radius 1 is 1.16 bits per heavy atom. The van der Waals surface area contributed by atoms with Crippen LogP contribution in [0.4, 0.5) is 0 Å². The van der Waals surface area contributed by atoms with E-state index in [-0.39, 0.29) is 5.56 Å². The molecular formula is C20H20N2O2S. The number of nitrogens with zero attached hydrogens (tertiary/aromatic N) is 2. The summed E-state index contributed by atoms with van der Waals surface area (Å²) >= 11 is 1.46. The molecule has 0 unspecified atom stereocenters. The van der Waals surface area contributed by atoms with E-state index in [4.69, 9.17) is 4.74 Å². The summed E-state index contributed by atoms with van der Waals surface area (Å²) in [6.45, 7) is 4.06. The van der Waals surface area contributed by atoms with Crippen molar-refractivity contribution in [3.05, 3.63) is 81.9 Å². The monoisotopic (exact) mass is 352 g/mol. The van der Waals surface area contributed by atoms with Crippen molar-refractivity contribution in [3.8, 4) is 11.4 Å². The molecule has 4 nitrogen and oxygen atoms in total. The molecule has 0 atom stereocenters. The fourth-order valence-electron chi connectivity index (χ4n) is 2.59. The maximum absolute atomic E-state index is 12.9. The summed E-state index contributed by atoms with van der Waals surface area (Å²) in [6, 6.07) is 14.0. The molecule has 0 saturated heterocycles. The lowest BCUT2D eigenvalue weighted by atomic mass is 10.1. The minimum absolute atomic E-state index is 0.134. The van der Waals surface area contributed by atoms with Gasteiger partial charge in [0.05, 0.1) is 12.8 Å². The van der Waals surface area contributed by atoms with Crippen LogP contribution in [0.2, 0.25) is 0 Å². The fraction of sp³-hybridized carbons (Fsp3) is 0.200.